The van der Waals surface area contributed by atoms with Gasteiger partial charge in [0.15, 0.2) is 4.34 Å². The third-order valence-corrected chi connectivity index (χ3v) is 2.36. The van der Waals surface area contributed by atoms with Crippen molar-refractivity contribution in [3.63, 3.8) is 0 Å². The number of nitrogens with zero attached hydrogens (tertiary/aromatic N) is 2. The number of hydrogen-bond donors (Lipinski definition) is 0. The van der Waals surface area contributed by atoms with Crippen LogP contribution in [0.3, 0.4) is 0 Å². The maximum absolute atomic E-state index is 10.1. The summed E-state index contributed by atoms with van der Waals surface area (Å²) in [5.74, 6) is 0. The third kappa shape index (κ3) is 1.68. The zero-order chi connectivity index (χ0) is 6.85. The zero-order valence-corrected chi connectivity index (χ0v) is 6.29. The van der Waals surface area contributed by atoms with Gasteiger partial charge >= 0.3 is 0 Å². The molecule has 0 spiro atoms. The third-order valence-electron chi connectivity index (χ3n) is 0.524. The standard InChI is InChI=1S/C2HClN2O2S2/c3-1-4-5-2(8-1)9(6)7/h(H,6,7)/p-1. The van der Waals surface area contributed by atoms with Crippen LogP contribution in [0.15, 0.2) is 4.34 Å². The summed E-state index contributed by atoms with van der Waals surface area (Å²) in [6.45, 7) is 0. The van der Waals surface area contributed by atoms with E-state index in [1.807, 2.05) is 0 Å². The van der Waals surface area contributed by atoms with Gasteiger partial charge in [-0.25, -0.2) is 0 Å². The van der Waals surface area contributed by atoms with Crippen LogP contribution in [0.2, 0.25) is 4.47 Å². The van der Waals surface area contributed by atoms with Gasteiger partial charge in [-0.2, -0.15) is 0 Å². The first-order chi connectivity index (χ1) is 4.20. The Balaban J connectivity index is 2.98. The maximum Gasteiger partial charge on any atom is 0.208 e. The summed E-state index contributed by atoms with van der Waals surface area (Å²) in [6, 6.07) is 0. The van der Waals surface area contributed by atoms with Crippen LogP contribution in [0.4, 0.5) is 0 Å². The Hall–Kier alpha value is -0.0400. The minimum Gasteiger partial charge on any atom is -0.767 e. The fourth-order valence-corrected chi connectivity index (χ4v) is 1.58. The average molecular weight is 184 g/mol. The SMILES string of the molecule is O=S([O-])c1nnc(Cl)s1. The molecule has 1 rings (SSSR count). The molecule has 4 nitrogen and oxygen atoms in total. The van der Waals surface area contributed by atoms with E-state index in [0.29, 0.717) is 0 Å². The Bertz CT molecular complexity index is 236. The summed E-state index contributed by atoms with van der Waals surface area (Å²) in [5, 5.41) is 6.52. The van der Waals surface area contributed by atoms with Crippen LogP contribution in [0.5, 0.6) is 0 Å². The predicted molar refractivity (Wildman–Crippen MR) is 32.1 cm³/mol. The Morgan fingerprint density at radius 2 is 2.33 bits per heavy atom. The lowest BCUT2D eigenvalue weighted by atomic mass is 11.6. The minimum atomic E-state index is -2.30. The second-order valence-electron chi connectivity index (χ2n) is 1.06. The van der Waals surface area contributed by atoms with Gasteiger partial charge in [0, 0.05) is 11.1 Å². The summed E-state index contributed by atoms with van der Waals surface area (Å²) in [4.78, 5) is 0. The van der Waals surface area contributed by atoms with Crippen LogP contribution in [-0.4, -0.2) is 19.0 Å². The molecule has 0 N–H and O–H groups in total. The van der Waals surface area contributed by atoms with Crippen molar-refractivity contribution in [3.8, 4) is 0 Å². The molecule has 1 aromatic rings. The van der Waals surface area contributed by atoms with Gasteiger partial charge in [-0.3, -0.25) is 4.21 Å². The molecule has 0 saturated carbocycles. The normalized spacial score (nSPS) is 13.6. The summed E-state index contributed by atoms with van der Waals surface area (Å²) < 4.78 is 20.2. The minimum absolute atomic E-state index is 0.0833. The highest BCUT2D eigenvalue weighted by atomic mass is 35.5. The smallest absolute Gasteiger partial charge is 0.208 e. The van der Waals surface area contributed by atoms with Crippen LogP contribution >= 0.6 is 22.9 Å². The maximum atomic E-state index is 10.1. The monoisotopic (exact) mass is 183 g/mol. The van der Waals surface area contributed by atoms with Gasteiger partial charge in [-0.1, -0.05) is 11.3 Å². The molecule has 0 aromatic carbocycles. The molecule has 0 radical (unpaired) electrons. The van der Waals surface area contributed by atoms with Crippen LogP contribution in [0, 0.1) is 0 Å². The molecule has 0 fully saturated rings. The molecule has 0 aliphatic rings. The highest BCUT2D eigenvalue weighted by molar-refractivity contribution is 7.81. The molecule has 1 heterocycles. The van der Waals surface area contributed by atoms with Gasteiger partial charge in [0.1, 0.15) is 0 Å². The van der Waals surface area contributed by atoms with Gasteiger partial charge in [0.25, 0.3) is 0 Å². The molecular weight excluding hydrogens is 184 g/mol. The van der Waals surface area contributed by atoms with E-state index < -0.39 is 11.1 Å². The van der Waals surface area contributed by atoms with Crippen molar-refractivity contribution < 1.29 is 8.76 Å². The lowest BCUT2D eigenvalue weighted by molar-refractivity contribution is 0.535. The lowest BCUT2D eigenvalue weighted by Gasteiger charge is -1.93. The van der Waals surface area contributed by atoms with Crippen LogP contribution in [0.25, 0.3) is 0 Å². The number of halogens is 1. The summed E-state index contributed by atoms with van der Waals surface area (Å²) in [6.07, 6.45) is 0. The molecule has 7 heteroatoms. The first kappa shape index (κ1) is 7.07. The fourth-order valence-electron chi connectivity index (χ4n) is 0.260. The number of hydrogen-bond acceptors (Lipinski definition) is 5. The van der Waals surface area contributed by atoms with Crippen molar-refractivity contribution in [2.75, 3.05) is 0 Å². The molecule has 0 aliphatic heterocycles. The fraction of sp³-hybridized carbons (Fsp3) is 0. The van der Waals surface area contributed by atoms with E-state index in [1.54, 1.807) is 0 Å². The molecule has 0 bridgehead atoms. The zero-order valence-electron chi connectivity index (χ0n) is 3.91. The highest BCUT2D eigenvalue weighted by Gasteiger charge is 1.99. The average Bonchev–Trinajstić information content (AvgIpc) is 2.14. The molecule has 0 amide bonds. The van der Waals surface area contributed by atoms with Crippen LogP contribution < -0.4 is 0 Å². The van der Waals surface area contributed by atoms with Crippen molar-refractivity contribution in [3.05, 3.63) is 4.47 Å². The van der Waals surface area contributed by atoms with Gasteiger partial charge in [-0.05, 0) is 11.6 Å². The summed E-state index contributed by atoms with van der Waals surface area (Å²) in [5.41, 5.74) is 0. The van der Waals surface area contributed by atoms with E-state index in [0.717, 1.165) is 11.3 Å². The lowest BCUT2D eigenvalue weighted by Crippen LogP contribution is -1.85. The van der Waals surface area contributed by atoms with E-state index in [-0.39, 0.29) is 8.81 Å². The number of rotatable bonds is 1. The van der Waals surface area contributed by atoms with E-state index in [4.69, 9.17) is 11.6 Å². The quantitative estimate of drug-likeness (QED) is 0.593. The van der Waals surface area contributed by atoms with Crippen molar-refractivity contribution in [1.82, 2.24) is 10.2 Å². The molecule has 50 valence electrons. The van der Waals surface area contributed by atoms with Crippen molar-refractivity contribution in [2.45, 2.75) is 4.34 Å². The first-order valence-corrected chi connectivity index (χ1v) is 4.05. The highest BCUT2D eigenvalue weighted by Crippen LogP contribution is 2.16. The van der Waals surface area contributed by atoms with Crippen molar-refractivity contribution in [2.24, 2.45) is 0 Å². The second-order valence-corrected chi connectivity index (χ2v) is 3.73. The molecule has 0 aliphatic carbocycles. The summed E-state index contributed by atoms with van der Waals surface area (Å²) in [7, 11) is 0. The van der Waals surface area contributed by atoms with Crippen molar-refractivity contribution >= 4 is 34.0 Å². The van der Waals surface area contributed by atoms with E-state index in [2.05, 4.69) is 10.2 Å². The van der Waals surface area contributed by atoms with E-state index >= 15 is 0 Å². The molecular formula is C2ClN2O2S2-. The van der Waals surface area contributed by atoms with Gasteiger partial charge < -0.3 is 4.55 Å². The van der Waals surface area contributed by atoms with E-state index in [1.165, 1.54) is 0 Å². The Labute approximate surface area is 62.2 Å². The Morgan fingerprint density at radius 1 is 1.67 bits per heavy atom. The number of aromatic nitrogens is 2. The summed E-state index contributed by atoms with van der Waals surface area (Å²) >= 11 is 3.80. The molecule has 1 aromatic heterocycles. The van der Waals surface area contributed by atoms with Crippen molar-refractivity contribution in [1.29, 1.82) is 0 Å². The molecule has 1 unspecified atom stereocenters. The van der Waals surface area contributed by atoms with Gasteiger partial charge in [0.05, 0.1) is 0 Å². The van der Waals surface area contributed by atoms with Gasteiger partial charge in [-0.15, -0.1) is 10.2 Å². The van der Waals surface area contributed by atoms with E-state index in [9.17, 15) is 8.76 Å². The van der Waals surface area contributed by atoms with Crippen LogP contribution in [-0.2, 0) is 11.1 Å². The Morgan fingerprint density at radius 3 is 2.56 bits per heavy atom. The van der Waals surface area contributed by atoms with Crippen LogP contribution in [0.1, 0.15) is 0 Å². The molecule has 9 heavy (non-hydrogen) atoms. The second kappa shape index (κ2) is 2.70. The molecule has 0 saturated heterocycles. The first-order valence-electron chi connectivity index (χ1n) is 1.78. The molecule has 1 atom stereocenters. The predicted octanol–water partition coefficient (Wildman–Crippen LogP) is 0.429. The topological polar surface area (TPSA) is 65.9 Å². The Kier molecular flexibility index (Phi) is 2.12. The van der Waals surface area contributed by atoms with Gasteiger partial charge in [0.2, 0.25) is 4.47 Å². The largest absolute Gasteiger partial charge is 0.767 e.